The minimum atomic E-state index is -0.564. The minimum Gasteiger partial charge on any atom is -0.497 e. The number of carbonyl (C=O) groups is 1. The topological polar surface area (TPSA) is 47.6 Å². The van der Waals surface area contributed by atoms with Crippen molar-refractivity contribution in [1.29, 1.82) is 0 Å². The summed E-state index contributed by atoms with van der Waals surface area (Å²) in [5.41, 5.74) is 1.18. The Balaban J connectivity index is 2.22. The van der Waals surface area contributed by atoms with Crippen LogP contribution in [0.4, 0.5) is 5.69 Å². The molecule has 100 valence electrons. The molecule has 1 N–H and O–H groups in total. The first-order valence-corrected chi connectivity index (χ1v) is 6.47. The Kier molecular flexibility index (Phi) is 2.73. The average Bonchev–Trinajstić information content (AvgIpc) is 2.71. The van der Waals surface area contributed by atoms with Crippen molar-refractivity contribution in [1.82, 2.24) is 0 Å². The van der Waals surface area contributed by atoms with Crippen molar-refractivity contribution in [3.8, 4) is 11.5 Å². The molecule has 4 nitrogen and oxygen atoms in total. The highest BCUT2D eigenvalue weighted by Gasteiger charge is 2.47. The molecule has 0 bridgehead atoms. The maximum absolute atomic E-state index is 12.4. The quantitative estimate of drug-likeness (QED) is 0.830. The number of allylic oxidation sites excluding steroid dienone is 1. The molecule has 3 rings (SSSR count). The number of hydrogen-bond acceptors (Lipinski definition) is 3. The lowest BCUT2D eigenvalue weighted by Crippen LogP contribution is -2.33. The molecule has 1 amide bonds. The summed E-state index contributed by atoms with van der Waals surface area (Å²) in [5, 5.41) is 2.96. The highest BCUT2D eigenvalue weighted by atomic mass is 16.5. The summed E-state index contributed by atoms with van der Waals surface area (Å²) in [6.45, 7) is 0. The van der Waals surface area contributed by atoms with Crippen molar-refractivity contribution in [2.75, 3.05) is 19.5 Å². The van der Waals surface area contributed by atoms with Gasteiger partial charge in [-0.3, -0.25) is 4.79 Å². The number of hydrogen-bond donors (Lipinski definition) is 1. The Morgan fingerprint density at radius 3 is 2.74 bits per heavy atom. The zero-order valence-electron chi connectivity index (χ0n) is 11.2. The highest BCUT2D eigenvalue weighted by molar-refractivity contribution is 6.09. The second kappa shape index (κ2) is 4.30. The van der Waals surface area contributed by atoms with Crippen LogP contribution in [-0.2, 0) is 10.2 Å². The molecule has 2 aliphatic rings. The zero-order valence-corrected chi connectivity index (χ0v) is 11.2. The van der Waals surface area contributed by atoms with Crippen LogP contribution in [-0.4, -0.2) is 20.1 Å². The second-order valence-electron chi connectivity index (χ2n) is 4.97. The summed E-state index contributed by atoms with van der Waals surface area (Å²) in [7, 11) is 3.23. The van der Waals surface area contributed by atoms with Crippen LogP contribution in [0.5, 0.6) is 11.5 Å². The number of rotatable bonds is 2. The molecule has 0 fully saturated rings. The lowest BCUT2D eigenvalue weighted by molar-refractivity contribution is -0.119. The van der Waals surface area contributed by atoms with Crippen molar-refractivity contribution >= 4 is 11.6 Å². The molecule has 1 spiro atoms. The van der Waals surface area contributed by atoms with E-state index in [4.69, 9.17) is 9.47 Å². The summed E-state index contributed by atoms with van der Waals surface area (Å²) in [6, 6.07) is 3.69. The largest absolute Gasteiger partial charge is 0.497 e. The van der Waals surface area contributed by atoms with E-state index < -0.39 is 5.41 Å². The molecule has 1 unspecified atom stereocenters. The maximum atomic E-state index is 12.4. The molecule has 0 saturated carbocycles. The Hall–Kier alpha value is -1.97. The van der Waals surface area contributed by atoms with Crippen molar-refractivity contribution in [3.63, 3.8) is 0 Å². The van der Waals surface area contributed by atoms with Gasteiger partial charge in [0.1, 0.15) is 11.5 Å². The third-order valence-electron chi connectivity index (χ3n) is 3.98. The smallest absolute Gasteiger partial charge is 0.239 e. The number of amides is 1. The monoisotopic (exact) mass is 259 g/mol. The number of benzene rings is 1. The summed E-state index contributed by atoms with van der Waals surface area (Å²) < 4.78 is 10.7. The van der Waals surface area contributed by atoms with Gasteiger partial charge in [-0.15, -0.1) is 0 Å². The van der Waals surface area contributed by atoms with E-state index in [0.29, 0.717) is 11.5 Å². The standard InChI is InChI=1S/C15H17NO3/c1-18-10-8-11-13(12(9-10)19-2)15(14(17)16-11)6-4-3-5-7-15/h4,6,8-9H,3,5,7H2,1-2H3,(H,16,17). The van der Waals surface area contributed by atoms with E-state index in [1.165, 1.54) is 0 Å². The predicted octanol–water partition coefficient (Wildman–Crippen LogP) is 2.63. The number of nitrogens with one attached hydrogen (secondary N) is 1. The molecule has 0 radical (unpaired) electrons. The molecule has 1 aromatic carbocycles. The summed E-state index contributed by atoms with van der Waals surface area (Å²) in [4.78, 5) is 12.4. The first-order chi connectivity index (χ1) is 9.21. The van der Waals surface area contributed by atoms with Gasteiger partial charge in [-0.25, -0.2) is 0 Å². The van der Waals surface area contributed by atoms with Crippen LogP contribution in [0.25, 0.3) is 0 Å². The van der Waals surface area contributed by atoms with Crippen LogP contribution in [0.1, 0.15) is 24.8 Å². The van der Waals surface area contributed by atoms with Gasteiger partial charge >= 0.3 is 0 Å². The Bertz CT molecular complexity index is 565. The minimum absolute atomic E-state index is 0.0324. The fraction of sp³-hybridized carbons (Fsp3) is 0.400. The van der Waals surface area contributed by atoms with Gasteiger partial charge in [-0.1, -0.05) is 12.2 Å². The molecule has 4 heteroatoms. The first kappa shape index (κ1) is 12.1. The molecule has 19 heavy (non-hydrogen) atoms. The SMILES string of the molecule is COc1cc2c(c(OC)c1)C1(C=CCCC1)C(=O)N2. The molecule has 1 aliphatic carbocycles. The van der Waals surface area contributed by atoms with Crippen LogP contribution in [0.3, 0.4) is 0 Å². The van der Waals surface area contributed by atoms with Gasteiger partial charge in [0.25, 0.3) is 0 Å². The third-order valence-corrected chi connectivity index (χ3v) is 3.98. The van der Waals surface area contributed by atoms with Crippen molar-refractivity contribution in [2.24, 2.45) is 0 Å². The van der Waals surface area contributed by atoms with Crippen molar-refractivity contribution in [2.45, 2.75) is 24.7 Å². The van der Waals surface area contributed by atoms with Gasteiger partial charge in [0.15, 0.2) is 0 Å². The van der Waals surface area contributed by atoms with E-state index >= 15 is 0 Å². The Morgan fingerprint density at radius 2 is 2.11 bits per heavy atom. The molecule has 1 atom stereocenters. The number of methoxy groups -OCH3 is 2. The molecule has 1 aliphatic heterocycles. The van der Waals surface area contributed by atoms with Crippen LogP contribution < -0.4 is 14.8 Å². The molecule has 1 heterocycles. The first-order valence-electron chi connectivity index (χ1n) is 6.47. The van der Waals surface area contributed by atoms with Crippen LogP contribution >= 0.6 is 0 Å². The Morgan fingerprint density at radius 1 is 1.26 bits per heavy atom. The van der Waals surface area contributed by atoms with Gasteiger partial charge in [-0.05, 0) is 19.3 Å². The highest BCUT2D eigenvalue weighted by Crippen LogP contribution is 2.50. The number of carbonyl (C=O) groups excluding carboxylic acids is 1. The van der Waals surface area contributed by atoms with Gasteiger partial charge in [-0.2, -0.15) is 0 Å². The van der Waals surface area contributed by atoms with Crippen LogP contribution in [0.15, 0.2) is 24.3 Å². The maximum Gasteiger partial charge on any atom is 0.239 e. The molecule has 0 aromatic heterocycles. The Labute approximate surface area is 112 Å². The number of fused-ring (bicyclic) bond motifs is 2. The van der Waals surface area contributed by atoms with Crippen LogP contribution in [0, 0.1) is 0 Å². The third kappa shape index (κ3) is 1.63. The molecule has 0 saturated heterocycles. The molecular weight excluding hydrogens is 242 g/mol. The number of anilines is 1. The zero-order chi connectivity index (χ0) is 13.5. The lowest BCUT2D eigenvalue weighted by atomic mass is 9.74. The average molecular weight is 259 g/mol. The van der Waals surface area contributed by atoms with E-state index in [1.807, 2.05) is 18.2 Å². The summed E-state index contributed by atoms with van der Waals surface area (Å²) in [5.74, 6) is 1.43. The van der Waals surface area contributed by atoms with Crippen molar-refractivity contribution < 1.29 is 14.3 Å². The summed E-state index contributed by atoms with van der Waals surface area (Å²) in [6.07, 6.45) is 6.97. The summed E-state index contributed by atoms with van der Waals surface area (Å²) >= 11 is 0. The van der Waals surface area contributed by atoms with Crippen LogP contribution in [0.2, 0.25) is 0 Å². The van der Waals surface area contributed by atoms with E-state index in [1.54, 1.807) is 14.2 Å². The van der Waals surface area contributed by atoms with Gasteiger partial charge < -0.3 is 14.8 Å². The van der Waals surface area contributed by atoms with E-state index in [-0.39, 0.29) is 5.91 Å². The molecular formula is C15H17NO3. The second-order valence-corrected chi connectivity index (χ2v) is 4.97. The van der Waals surface area contributed by atoms with E-state index in [2.05, 4.69) is 11.4 Å². The number of ether oxygens (including phenoxy) is 2. The van der Waals surface area contributed by atoms with Crippen molar-refractivity contribution in [3.05, 3.63) is 29.8 Å². The molecule has 1 aromatic rings. The normalized spacial score (nSPS) is 24.2. The van der Waals surface area contributed by atoms with Gasteiger partial charge in [0.2, 0.25) is 5.91 Å². The van der Waals surface area contributed by atoms with Gasteiger partial charge in [0, 0.05) is 17.7 Å². The van der Waals surface area contributed by atoms with E-state index in [9.17, 15) is 4.79 Å². The van der Waals surface area contributed by atoms with E-state index in [0.717, 1.165) is 30.5 Å². The predicted molar refractivity (Wildman–Crippen MR) is 72.8 cm³/mol. The van der Waals surface area contributed by atoms with Gasteiger partial charge in [0.05, 0.1) is 25.3 Å². The fourth-order valence-corrected chi connectivity index (χ4v) is 3.04. The lowest BCUT2D eigenvalue weighted by Gasteiger charge is -2.27. The fourth-order valence-electron chi connectivity index (χ4n) is 3.04.